The summed E-state index contributed by atoms with van der Waals surface area (Å²) in [6.45, 7) is 7.01. The number of rotatable bonds is 5. The molecule has 2 bridgehead atoms. The zero-order valence-corrected chi connectivity index (χ0v) is 18.8. The van der Waals surface area contributed by atoms with Crippen LogP contribution in [0.15, 0.2) is 42.5 Å². The number of piperidine rings is 3. The number of benzene rings is 2. The Labute approximate surface area is 189 Å². The number of nitrogens with one attached hydrogen (secondary N) is 2. The standard InChI is InChI=1S/C26H31N3O3/c1-16(2)25(30)27-20-7-3-5-18(13-20)21-8-4-6-19-14-23(32-24(19)21)26(31)28-22-15-29-11-9-17(22)10-12-29/h3-8,13,16-17,22-23H,9-12,14-15H2,1-2H3,(H,27,30)(H,28,31)/t22-,23?/m0/s1. The van der Waals surface area contributed by atoms with E-state index in [2.05, 4.69) is 15.5 Å². The Morgan fingerprint density at radius 3 is 2.59 bits per heavy atom. The van der Waals surface area contributed by atoms with Gasteiger partial charge in [0, 0.05) is 36.2 Å². The summed E-state index contributed by atoms with van der Waals surface area (Å²) < 4.78 is 6.22. The second kappa shape index (κ2) is 8.58. The maximum Gasteiger partial charge on any atom is 0.261 e. The lowest BCUT2D eigenvalue weighted by Gasteiger charge is -2.45. The maximum atomic E-state index is 13.0. The van der Waals surface area contributed by atoms with Crippen molar-refractivity contribution in [3.05, 3.63) is 48.0 Å². The van der Waals surface area contributed by atoms with Gasteiger partial charge in [-0.15, -0.1) is 0 Å². The number of carbonyl (C=O) groups is 2. The van der Waals surface area contributed by atoms with Crippen LogP contribution in [-0.2, 0) is 16.0 Å². The molecule has 2 amide bonds. The molecule has 2 aromatic carbocycles. The number of anilines is 1. The van der Waals surface area contributed by atoms with E-state index in [-0.39, 0.29) is 23.8 Å². The fourth-order valence-corrected chi connectivity index (χ4v) is 5.10. The lowest BCUT2D eigenvalue weighted by atomic mass is 9.84. The molecule has 2 N–H and O–H groups in total. The lowest BCUT2D eigenvalue weighted by Crippen LogP contribution is -2.58. The number of hydrogen-bond acceptors (Lipinski definition) is 4. The number of hydrogen-bond donors (Lipinski definition) is 2. The van der Waals surface area contributed by atoms with Crippen molar-refractivity contribution in [2.24, 2.45) is 11.8 Å². The lowest BCUT2D eigenvalue weighted by molar-refractivity contribution is -0.129. The molecule has 6 heteroatoms. The number of fused-ring (bicyclic) bond motifs is 4. The van der Waals surface area contributed by atoms with Crippen LogP contribution in [0.4, 0.5) is 5.69 Å². The van der Waals surface area contributed by atoms with Gasteiger partial charge in [0.2, 0.25) is 5.91 Å². The Balaban J connectivity index is 1.31. The van der Waals surface area contributed by atoms with Crippen molar-refractivity contribution in [3.63, 3.8) is 0 Å². The normalized spacial score (nSPS) is 25.8. The van der Waals surface area contributed by atoms with Crippen LogP contribution in [-0.4, -0.2) is 48.5 Å². The Bertz CT molecular complexity index is 1030. The first kappa shape index (κ1) is 21.0. The van der Waals surface area contributed by atoms with Gasteiger partial charge in [0.05, 0.1) is 0 Å². The third kappa shape index (κ3) is 4.11. The molecule has 0 aliphatic carbocycles. The maximum absolute atomic E-state index is 13.0. The first-order valence-corrected chi connectivity index (χ1v) is 11.7. The van der Waals surface area contributed by atoms with Gasteiger partial charge in [-0.25, -0.2) is 0 Å². The van der Waals surface area contributed by atoms with Crippen LogP contribution >= 0.6 is 0 Å². The largest absolute Gasteiger partial charge is 0.479 e. The van der Waals surface area contributed by atoms with E-state index >= 15 is 0 Å². The molecule has 2 atom stereocenters. The highest BCUT2D eigenvalue weighted by atomic mass is 16.5. The summed E-state index contributed by atoms with van der Waals surface area (Å²) in [5, 5.41) is 6.23. The summed E-state index contributed by atoms with van der Waals surface area (Å²) in [6, 6.07) is 14.1. The average molecular weight is 434 g/mol. The highest BCUT2D eigenvalue weighted by Gasteiger charge is 2.38. The smallest absolute Gasteiger partial charge is 0.261 e. The molecule has 3 saturated heterocycles. The molecule has 4 heterocycles. The van der Waals surface area contributed by atoms with Crippen molar-refractivity contribution in [2.75, 3.05) is 25.0 Å². The van der Waals surface area contributed by atoms with Gasteiger partial charge < -0.3 is 20.3 Å². The van der Waals surface area contributed by atoms with E-state index in [0.717, 1.165) is 47.8 Å². The highest BCUT2D eigenvalue weighted by molar-refractivity contribution is 5.93. The summed E-state index contributed by atoms with van der Waals surface area (Å²) in [4.78, 5) is 27.6. The van der Waals surface area contributed by atoms with Gasteiger partial charge in [-0.3, -0.25) is 9.59 Å². The fraction of sp³-hybridized carbons (Fsp3) is 0.462. The van der Waals surface area contributed by atoms with Gasteiger partial charge in [0.25, 0.3) is 5.91 Å². The van der Waals surface area contributed by atoms with Crippen LogP contribution in [0.1, 0.15) is 32.3 Å². The third-order valence-corrected chi connectivity index (χ3v) is 7.00. The first-order valence-electron chi connectivity index (χ1n) is 11.7. The third-order valence-electron chi connectivity index (χ3n) is 7.00. The minimum absolute atomic E-state index is 0.0103. The molecule has 6 rings (SSSR count). The van der Waals surface area contributed by atoms with E-state index in [0.29, 0.717) is 12.3 Å². The van der Waals surface area contributed by atoms with Crippen molar-refractivity contribution in [3.8, 4) is 16.9 Å². The molecule has 1 unspecified atom stereocenters. The van der Waals surface area contributed by atoms with Crippen LogP contribution in [0.3, 0.4) is 0 Å². The topological polar surface area (TPSA) is 70.7 Å². The second-order valence-electron chi connectivity index (χ2n) is 9.58. The number of ether oxygens (including phenoxy) is 1. The molecule has 0 saturated carbocycles. The van der Waals surface area contributed by atoms with Gasteiger partial charge in [-0.05, 0) is 55.1 Å². The van der Waals surface area contributed by atoms with E-state index in [1.54, 1.807) is 0 Å². The van der Waals surface area contributed by atoms with Crippen molar-refractivity contribution in [1.29, 1.82) is 0 Å². The number of nitrogens with zero attached hydrogens (tertiary/aromatic N) is 1. The SMILES string of the molecule is CC(C)C(=O)Nc1cccc(-c2cccc3c2OC(C(=O)N[C@H]2CN4CCC2CC4)C3)c1. The zero-order valence-electron chi connectivity index (χ0n) is 18.8. The summed E-state index contributed by atoms with van der Waals surface area (Å²) in [5.41, 5.74) is 3.71. The van der Waals surface area contributed by atoms with Gasteiger partial charge >= 0.3 is 0 Å². The van der Waals surface area contributed by atoms with Gasteiger partial charge in [-0.2, -0.15) is 0 Å². The number of amides is 2. The van der Waals surface area contributed by atoms with Crippen molar-refractivity contribution in [1.82, 2.24) is 10.2 Å². The Morgan fingerprint density at radius 1 is 1.09 bits per heavy atom. The average Bonchev–Trinajstić information content (AvgIpc) is 3.25. The Hall–Kier alpha value is -2.86. The molecule has 2 aromatic rings. The minimum atomic E-state index is -0.495. The van der Waals surface area contributed by atoms with E-state index in [1.807, 2.05) is 56.3 Å². The molecule has 168 valence electrons. The summed E-state index contributed by atoms with van der Waals surface area (Å²) in [6.07, 6.45) is 2.43. The molecule has 4 aliphatic heterocycles. The van der Waals surface area contributed by atoms with Crippen LogP contribution < -0.4 is 15.4 Å². The Kier molecular flexibility index (Phi) is 5.64. The quantitative estimate of drug-likeness (QED) is 0.758. The first-order chi connectivity index (χ1) is 15.5. The van der Waals surface area contributed by atoms with Gasteiger partial charge in [-0.1, -0.05) is 44.2 Å². The van der Waals surface area contributed by atoms with Crippen molar-refractivity contribution >= 4 is 17.5 Å². The van der Waals surface area contributed by atoms with E-state index < -0.39 is 6.10 Å². The molecule has 3 fully saturated rings. The molecule has 0 spiro atoms. The van der Waals surface area contributed by atoms with Gasteiger partial charge in [0.15, 0.2) is 6.10 Å². The zero-order chi connectivity index (χ0) is 22.2. The number of carbonyl (C=O) groups excluding carboxylic acids is 2. The molecule has 0 aromatic heterocycles. The van der Waals surface area contributed by atoms with Crippen LogP contribution in [0.5, 0.6) is 5.75 Å². The van der Waals surface area contributed by atoms with Crippen molar-refractivity contribution < 1.29 is 14.3 Å². The summed E-state index contributed by atoms with van der Waals surface area (Å²) in [5.74, 6) is 1.25. The van der Waals surface area contributed by atoms with Crippen molar-refractivity contribution in [2.45, 2.75) is 45.3 Å². The number of para-hydroxylation sites is 1. The van der Waals surface area contributed by atoms with Crippen LogP contribution in [0.25, 0.3) is 11.1 Å². The minimum Gasteiger partial charge on any atom is -0.479 e. The molecule has 4 aliphatic rings. The monoisotopic (exact) mass is 433 g/mol. The summed E-state index contributed by atoms with van der Waals surface area (Å²) in [7, 11) is 0. The predicted octanol–water partition coefficient (Wildman–Crippen LogP) is 3.46. The van der Waals surface area contributed by atoms with E-state index in [1.165, 1.54) is 12.8 Å². The fourth-order valence-electron chi connectivity index (χ4n) is 5.10. The Morgan fingerprint density at radius 2 is 1.88 bits per heavy atom. The van der Waals surface area contributed by atoms with E-state index in [9.17, 15) is 9.59 Å². The second-order valence-corrected chi connectivity index (χ2v) is 9.58. The van der Waals surface area contributed by atoms with Crippen LogP contribution in [0, 0.1) is 11.8 Å². The molecule has 32 heavy (non-hydrogen) atoms. The molecule has 0 radical (unpaired) electrons. The molecular weight excluding hydrogens is 402 g/mol. The predicted molar refractivity (Wildman–Crippen MR) is 125 cm³/mol. The highest BCUT2D eigenvalue weighted by Crippen LogP contribution is 2.39. The summed E-state index contributed by atoms with van der Waals surface area (Å²) >= 11 is 0. The van der Waals surface area contributed by atoms with E-state index in [4.69, 9.17) is 4.74 Å². The van der Waals surface area contributed by atoms with Crippen LogP contribution in [0.2, 0.25) is 0 Å². The van der Waals surface area contributed by atoms with Gasteiger partial charge in [0.1, 0.15) is 5.75 Å². The molecular formula is C26H31N3O3. The molecule has 6 nitrogen and oxygen atoms in total.